The lowest BCUT2D eigenvalue weighted by Gasteiger charge is -2.39. The third-order valence-electron chi connectivity index (χ3n) is 6.90. The summed E-state index contributed by atoms with van der Waals surface area (Å²) >= 11 is 5.96. The highest BCUT2D eigenvalue weighted by Gasteiger charge is 2.34. The summed E-state index contributed by atoms with van der Waals surface area (Å²) in [5.41, 5.74) is 3.33. The van der Waals surface area contributed by atoms with Crippen molar-refractivity contribution < 1.29 is 23.9 Å². The predicted octanol–water partition coefficient (Wildman–Crippen LogP) is 6.29. The number of aryl methyl sites for hydroxylation is 1. The number of carbonyl (C=O) groups excluding carboxylic acids is 3. The molecule has 1 aliphatic rings. The monoisotopic (exact) mass is 562 g/mol. The van der Waals surface area contributed by atoms with Crippen molar-refractivity contribution in [3.63, 3.8) is 0 Å². The molecule has 2 atom stereocenters. The standard InChI is InChI=1S/C32H35ClN2O5/c1-3-39-31(37)9-6-20-40-26-17-13-24(14-18-26)32(38)35-22(2)21-28(27-7-4-5-8-29(27)35)34-30(36)19-12-23-10-15-25(33)16-11-23/h4-5,7-8,10-11,13-18,22,28H,3,6,9,12,19-21H2,1-2H3,(H,34,36)/t22-,28+/m0/s1. The number of hydrogen-bond donors (Lipinski definition) is 1. The second-order valence-electron chi connectivity index (χ2n) is 9.85. The van der Waals surface area contributed by atoms with E-state index in [0.29, 0.717) is 61.7 Å². The first kappa shape index (κ1) is 29.2. The van der Waals surface area contributed by atoms with Crippen LogP contribution in [0.3, 0.4) is 0 Å². The number of benzene rings is 3. The van der Waals surface area contributed by atoms with E-state index >= 15 is 0 Å². The Bertz CT molecular complexity index is 1310. The largest absolute Gasteiger partial charge is 0.494 e. The van der Waals surface area contributed by atoms with Crippen LogP contribution in [0.2, 0.25) is 5.02 Å². The van der Waals surface area contributed by atoms with Crippen molar-refractivity contribution in [3.05, 3.63) is 94.5 Å². The van der Waals surface area contributed by atoms with Crippen molar-refractivity contribution in [2.24, 2.45) is 0 Å². The van der Waals surface area contributed by atoms with Crippen LogP contribution in [0.15, 0.2) is 72.8 Å². The van der Waals surface area contributed by atoms with Crippen molar-refractivity contribution in [1.29, 1.82) is 0 Å². The zero-order valence-electron chi connectivity index (χ0n) is 22.9. The van der Waals surface area contributed by atoms with Crippen LogP contribution in [0.4, 0.5) is 5.69 Å². The van der Waals surface area contributed by atoms with E-state index in [2.05, 4.69) is 5.32 Å². The molecule has 210 valence electrons. The van der Waals surface area contributed by atoms with Crippen molar-refractivity contribution in [2.45, 2.75) is 58.0 Å². The summed E-state index contributed by atoms with van der Waals surface area (Å²) in [6, 6.07) is 22.0. The predicted molar refractivity (Wildman–Crippen MR) is 156 cm³/mol. The molecule has 0 fully saturated rings. The number of hydrogen-bond acceptors (Lipinski definition) is 5. The molecule has 3 aromatic carbocycles. The summed E-state index contributed by atoms with van der Waals surface area (Å²) in [6.45, 7) is 4.54. The number of esters is 1. The van der Waals surface area contributed by atoms with Crippen molar-refractivity contribution in [1.82, 2.24) is 5.32 Å². The molecule has 0 aliphatic carbocycles. The number of halogens is 1. The maximum Gasteiger partial charge on any atom is 0.305 e. The molecule has 1 heterocycles. The minimum absolute atomic E-state index is 0.0282. The fourth-order valence-electron chi connectivity index (χ4n) is 4.91. The van der Waals surface area contributed by atoms with Gasteiger partial charge in [0.05, 0.1) is 19.3 Å². The Balaban J connectivity index is 1.38. The number of rotatable bonds is 11. The van der Waals surface area contributed by atoms with Gasteiger partial charge in [-0.25, -0.2) is 0 Å². The lowest BCUT2D eigenvalue weighted by Crippen LogP contribution is -2.46. The van der Waals surface area contributed by atoms with Crippen molar-refractivity contribution in [2.75, 3.05) is 18.1 Å². The summed E-state index contributed by atoms with van der Waals surface area (Å²) in [6.07, 6.45) is 2.47. The van der Waals surface area contributed by atoms with E-state index in [1.54, 1.807) is 36.1 Å². The number of nitrogens with zero attached hydrogens (tertiary/aromatic N) is 1. The molecule has 0 spiro atoms. The molecule has 0 saturated heterocycles. The highest BCUT2D eigenvalue weighted by molar-refractivity contribution is 6.30. The van der Waals surface area contributed by atoms with Gasteiger partial charge in [-0.1, -0.05) is 41.9 Å². The van der Waals surface area contributed by atoms with Crippen molar-refractivity contribution >= 4 is 35.1 Å². The summed E-state index contributed by atoms with van der Waals surface area (Å²) in [7, 11) is 0. The molecule has 3 aromatic rings. The Morgan fingerprint density at radius 3 is 2.42 bits per heavy atom. The first-order valence-electron chi connectivity index (χ1n) is 13.7. The Labute approximate surface area is 240 Å². The molecule has 0 saturated carbocycles. The van der Waals surface area contributed by atoms with Gasteiger partial charge in [0.2, 0.25) is 5.91 Å². The minimum Gasteiger partial charge on any atom is -0.494 e. The molecule has 0 unspecified atom stereocenters. The van der Waals surface area contributed by atoms with Gasteiger partial charge >= 0.3 is 5.97 Å². The van der Waals surface area contributed by atoms with E-state index in [-0.39, 0.29) is 29.9 Å². The van der Waals surface area contributed by atoms with Gasteiger partial charge in [-0.3, -0.25) is 14.4 Å². The van der Waals surface area contributed by atoms with Crippen LogP contribution in [0.5, 0.6) is 5.75 Å². The first-order valence-corrected chi connectivity index (χ1v) is 14.1. The second kappa shape index (κ2) is 14.0. The highest BCUT2D eigenvalue weighted by atomic mass is 35.5. The molecule has 1 N–H and O–H groups in total. The van der Waals surface area contributed by atoms with Gasteiger partial charge in [0.25, 0.3) is 5.91 Å². The average molecular weight is 563 g/mol. The first-order chi connectivity index (χ1) is 19.4. The van der Waals surface area contributed by atoms with E-state index in [1.165, 1.54) is 0 Å². The van der Waals surface area contributed by atoms with Gasteiger partial charge in [-0.2, -0.15) is 0 Å². The number of amides is 2. The molecular formula is C32H35ClN2O5. The third kappa shape index (κ3) is 7.63. The van der Waals surface area contributed by atoms with Crippen LogP contribution in [0.25, 0.3) is 0 Å². The topological polar surface area (TPSA) is 84.9 Å². The second-order valence-corrected chi connectivity index (χ2v) is 10.3. The lowest BCUT2D eigenvalue weighted by atomic mass is 9.90. The van der Waals surface area contributed by atoms with Crippen molar-refractivity contribution in [3.8, 4) is 5.75 Å². The van der Waals surface area contributed by atoms with Gasteiger partial charge in [0.15, 0.2) is 0 Å². The molecule has 40 heavy (non-hydrogen) atoms. The van der Waals surface area contributed by atoms with Gasteiger partial charge < -0.3 is 19.7 Å². The maximum absolute atomic E-state index is 13.6. The number of nitrogens with one attached hydrogen (secondary N) is 1. The normalized spacial score (nSPS) is 16.1. The molecule has 1 aliphatic heterocycles. The Hall–Kier alpha value is -3.84. The number of carbonyl (C=O) groups is 3. The van der Waals surface area contributed by atoms with Gasteiger partial charge in [0, 0.05) is 35.2 Å². The van der Waals surface area contributed by atoms with Crippen LogP contribution < -0.4 is 15.0 Å². The molecule has 0 radical (unpaired) electrons. The van der Waals surface area contributed by atoms with Crippen LogP contribution in [-0.2, 0) is 20.7 Å². The zero-order chi connectivity index (χ0) is 28.5. The van der Waals surface area contributed by atoms with Crippen LogP contribution in [-0.4, -0.2) is 37.0 Å². The average Bonchev–Trinajstić information content (AvgIpc) is 2.95. The van der Waals surface area contributed by atoms with Gasteiger partial charge in [0.1, 0.15) is 5.75 Å². The lowest BCUT2D eigenvalue weighted by molar-refractivity contribution is -0.143. The third-order valence-corrected chi connectivity index (χ3v) is 7.15. The molecule has 0 aromatic heterocycles. The number of para-hydroxylation sites is 1. The van der Waals surface area contributed by atoms with E-state index in [1.807, 2.05) is 55.5 Å². The highest BCUT2D eigenvalue weighted by Crippen LogP contribution is 2.38. The minimum atomic E-state index is -0.234. The molecule has 4 rings (SSSR count). The van der Waals surface area contributed by atoms with Gasteiger partial charge in [-0.05, 0) is 86.7 Å². The molecule has 0 bridgehead atoms. The fourth-order valence-corrected chi connectivity index (χ4v) is 5.03. The quantitative estimate of drug-likeness (QED) is 0.219. The summed E-state index contributed by atoms with van der Waals surface area (Å²) in [4.78, 5) is 39.7. The van der Waals surface area contributed by atoms with Crippen LogP contribution in [0, 0.1) is 0 Å². The van der Waals surface area contributed by atoms with Gasteiger partial charge in [-0.15, -0.1) is 0 Å². The Kier molecular flexibility index (Phi) is 10.2. The smallest absolute Gasteiger partial charge is 0.305 e. The summed E-state index contributed by atoms with van der Waals surface area (Å²) in [5.74, 6) is 0.262. The Morgan fingerprint density at radius 2 is 1.70 bits per heavy atom. The number of ether oxygens (including phenoxy) is 2. The summed E-state index contributed by atoms with van der Waals surface area (Å²) < 4.78 is 10.6. The zero-order valence-corrected chi connectivity index (χ0v) is 23.7. The van der Waals surface area contributed by atoms with E-state index in [0.717, 1.165) is 16.8 Å². The maximum atomic E-state index is 13.6. The van der Waals surface area contributed by atoms with E-state index in [9.17, 15) is 14.4 Å². The fraction of sp³-hybridized carbons (Fsp3) is 0.344. The molecule has 7 nitrogen and oxygen atoms in total. The van der Waals surface area contributed by atoms with E-state index < -0.39 is 0 Å². The molecule has 8 heteroatoms. The number of anilines is 1. The SMILES string of the molecule is CCOC(=O)CCCOc1ccc(C(=O)N2c3ccccc3[C@H](NC(=O)CCc3ccc(Cl)cc3)C[C@@H]2C)cc1. The number of fused-ring (bicyclic) bond motifs is 1. The van der Waals surface area contributed by atoms with E-state index in [4.69, 9.17) is 21.1 Å². The Morgan fingerprint density at radius 1 is 0.975 bits per heavy atom. The van der Waals surface area contributed by atoms with Crippen LogP contribution >= 0.6 is 11.6 Å². The molecular weight excluding hydrogens is 528 g/mol. The summed E-state index contributed by atoms with van der Waals surface area (Å²) in [5, 5.41) is 3.86. The van der Waals surface area contributed by atoms with Crippen LogP contribution in [0.1, 0.15) is 67.1 Å². The molecule has 2 amide bonds.